The summed E-state index contributed by atoms with van der Waals surface area (Å²) in [6.45, 7) is 3.54. The monoisotopic (exact) mass is 453 g/mol. The van der Waals surface area contributed by atoms with Gasteiger partial charge >= 0.3 is 0 Å². The van der Waals surface area contributed by atoms with E-state index in [0.717, 1.165) is 32.2 Å². The first kappa shape index (κ1) is 22.5. The van der Waals surface area contributed by atoms with Gasteiger partial charge in [0.05, 0.1) is 18.0 Å². The van der Waals surface area contributed by atoms with Gasteiger partial charge in [-0.1, -0.05) is 23.7 Å². The first-order valence-corrected chi connectivity index (χ1v) is 12.0. The number of benzene rings is 2. The molecule has 162 valence electrons. The average molecular weight is 454 g/mol. The highest BCUT2D eigenvalue weighted by Crippen LogP contribution is 2.32. The maximum Gasteiger partial charge on any atom is 0.251 e. The fourth-order valence-electron chi connectivity index (χ4n) is 3.66. The van der Waals surface area contributed by atoms with E-state index in [9.17, 15) is 17.6 Å². The predicted molar refractivity (Wildman–Crippen MR) is 117 cm³/mol. The third-order valence-electron chi connectivity index (χ3n) is 5.17. The molecule has 0 saturated carbocycles. The smallest absolute Gasteiger partial charge is 0.251 e. The van der Waals surface area contributed by atoms with Crippen molar-refractivity contribution in [3.63, 3.8) is 0 Å². The van der Waals surface area contributed by atoms with Crippen LogP contribution in [0.15, 0.2) is 36.4 Å². The number of carbonyl (C=O) groups is 1. The van der Waals surface area contributed by atoms with Gasteiger partial charge in [0.2, 0.25) is 10.0 Å². The summed E-state index contributed by atoms with van der Waals surface area (Å²) >= 11 is 6.29. The number of nitrogens with one attached hydrogen (secondary N) is 2. The summed E-state index contributed by atoms with van der Waals surface area (Å²) in [4.78, 5) is 14.9. The van der Waals surface area contributed by atoms with Crippen LogP contribution in [0, 0.1) is 12.7 Å². The molecule has 1 fully saturated rings. The Balaban J connectivity index is 1.80. The molecule has 0 spiro atoms. The third-order valence-corrected chi connectivity index (χ3v) is 6.09. The Morgan fingerprint density at radius 2 is 1.93 bits per heavy atom. The number of halogens is 2. The van der Waals surface area contributed by atoms with Crippen LogP contribution in [0.1, 0.15) is 40.4 Å². The second-order valence-electron chi connectivity index (χ2n) is 7.51. The third kappa shape index (κ3) is 5.50. The molecule has 0 aromatic heterocycles. The Bertz CT molecular complexity index is 1020. The molecule has 0 bridgehead atoms. The maximum absolute atomic E-state index is 14.6. The van der Waals surface area contributed by atoms with Gasteiger partial charge in [-0.3, -0.25) is 14.4 Å². The van der Waals surface area contributed by atoms with Crippen LogP contribution in [-0.4, -0.2) is 45.1 Å². The van der Waals surface area contributed by atoms with E-state index in [1.807, 2.05) is 0 Å². The molecule has 6 nitrogen and oxygen atoms in total. The van der Waals surface area contributed by atoms with Crippen LogP contribution in [0.5, 0.6) is 0 Å². The molecule has 0 aliphatic carbocycles. The molecule has 2 aromatic carbocycles. The summed E-state index contributed by atoms with van der Waals surface area (Å²) in [7, 11) is -3.47. The standard InChI is InChI=1S/C21H25ClFN3O3S/c1-14-8-9-15(12-18(14)25-30(2,28)29)21(27)24-13-19(26-10-3-4-11-26)20-16(22)6-5-7-17(20)23/h5-9,12,19,25H,3-4,10-11,13H2,1-2H3,(H,24,27). The maximum atomic E-state index is 14.6. The first-order chi connectivity index (χ1) is 14.2. The number of sulfonamides is 1. The molecule has 1 unspecified atom stereocenters. The lowest BCUT2D eigenvalue weighted by Gasteiger charge is -2.29. The predicted octanol–water partition coefficient (Wildman–Crippen LogP) is 3.73. The first-order valence-electron chi connectivity index (χ1n) is 9.70. The van der Waals surface area contributed by atoms with Crippen molar-refractivity contribution in [1.82, 2.24) is 10.2 Å². The van der Waals surface area contributed by atoms with Crippen molar-refractivity contribution < 1.29 is 17.6 Å². The molecule has 2 N–H and O–H groups in total. The fourth-order valence-corrected chi connectivity index (χ4v) is 4.57. The zero-order chi connectivity index (χ0) is 21.9. The van der Waals surface area contributed by atoms with Gasteiger partial charge in [0.15, 0.2) is 0 Å². The highest BCUT2D eigenvalue weighted by atomic mass is 35.5. The molecule has 1 amide bonds. The summed E-state index contributed by atoms with van der Waals surface area (Å²) in [5.74, 6) is -0.771. The number of rotatable bonds is 7. The van der Waals surface area contributed by atoms with Gasteiger partial charge in [-0.15, -0.1) is 0 Å². The lowest BCUT2D eigenvalue weighted by Crippen LogP contribution is -2.37. The molecule has 2 aromatic rings. The van der Waals surface area contributed by atoms with E-state index in [1.165, 1.54) is 12.1 Å². The molecule has 3 rings (SSSR count). The van der Waals surface area contributed by atoms with Gasteiger partial charge in [-0.05, 0) is 62.7 Å². The van der Waals surface area contributed by atoms with Crippen molar-refractivity contribution in [3.8, 4) is 0 Å². The number of hydrogen-bond donors (Lipinski definition) is 2. The van der Waals surface area contributed by atoms with Crippen molar-refractivity contribution in [2.45, 2.75) is 25.8 Å². The van der Waals surface area contributed by atoms with Crippen molar-refractivity contribution >= 4 is 33.2 Å². The van der Waals surface area contributed by atoms with Gasteiger partial charge < -0.3 is 5.32 Å². The molecular weight excluding hydrogens is 429 g/mol. The van der Waals surface area contributed by atoms with Crippen molar-refractivity contribution in [1.29, 1.82) is 0 Å². The van der Waals surface area contributed by atoms with Gasteiger partial charge in [-0.25, -0.2) is 12.8 Å². The molecule has 30 heavy (non-hydrogen) atoms. The topological polar surface area (TPSA) is 78.5 Å². The SMILES string of the molecule is Cc1ccc(C(=O)NCC(c2c(F)cccc2Cl)N2CCCC2)cc1NS(C)(=O)=O. The van der Waals surface area contributed by atoms with Crippen molar-refractivity contribution in [3.05, 3.63) is 63.9 Å². The molecule has 1 aliphatic rings. The lowest BCUT2D eigenvalue weighted by molar-refractivity contribution is 0.0937. The second-order valence-corrected chi connectivity index (χ2v) is 9.66. The van der Waals surface area contributed by atoms with E-state index in [1.54, 1.807) is 31.2 Å². The number of anilines is 1. The summed E-state index contributed by atoms with van der Waals surface area (Å²) < 4.78 is 40.1. The quantitative estimate of drug-likeness (QED) is 0.669. The number of hydrogen-bond acceptors (Lipinski definition) is 4. The summed E-state index contributed by atoms with van der Waals surface area (Å²) in [6, 6.07) is 8.98. The van der Waals surface area contributed by atoms with Crippen LogP contribution in [0.4, 0.5) is 10.1 Å². The van der Waals surface area contributed by atoms with Crippen molar-refractivity contribution in [2.24, 2.45) is 0 Å². The van der Waals surface area contributed by atoms with E-state index in [4.69, 9.17) is 11.6 Å². The van der Waals surface area contributed by atoms with E-state index in [2.05, 4.69) is 14.9 Å². The highest BCUT2D eigenvalue weighted by Gasteiger charge is 2.28. The van der Waals surface area contributed by atoms with Gasteiger partial charge in [0.1, 0.15) is 5.82 Å². The van der Waals surface area contributed by atoms with Crippen LogP contribution in [0.25, 0.3) is 0 Å². The minimum absolute atomic E-state index is 0.183. The summed E-state index contributed by atoms with van der Waals surface area (Å²) in [5, 5.41) is 3.18. The Kier molecular flexibility index (Phi) is 7.00. The fraction of sp³-hybridized carbons (Fsp3) is 0.381. The highest BCUT2D eigenvalue weighted by molar-refractivity contribution is 7.92. The molecule has 1 saturated heterocycles. The molecule has 9 heteroatoms. The number of nitrogens with zero attached hydrogens (tertiary/aromatic N) is 1. The van der Waals surface area contributed by atoms with Gasteiger partial charge in [0.25, 0.3) is 5.91 Å². The molecule has 1 heterocycles. The average Bonchev–Trinajstić information content (AvgIpc) is 3.19. The van der Waals surface area contributed by atoms with Crippen LogP contribution in [0.2, 0.25) is 5.02 Å². The molecule has 1 aliphatic heterocycles. The zero-order valence-corrected chi connectivity index (χ0v) is 18.5. The van der Waals surface area contributed by atoms with E-state index in [0.29, 0.717) is 27.4 Å². The minimum atomic E-state index is -3.47. The number of aryl methyl sites for hydroxylation is 1. The summed E-state index contributed by atoms with van der Waals surface area (Å²) in [5.41, 5.74) is 1.74. The Labute approximate surface area is 181 Å². The van der Waals surface area contributed by atoms with Gasteiger partial charge in [0, 0.05) is 22.7 Å². The van der Waals surface area contributed by atoms with Crippen LogP contribution in [0.3, 0.4) is 0 Å². The largest absolute Gasteiger partial charge is 0.350 e. The molecule has 1 atom stereocenters. The lowest BCUT2D eigenvalue weighted by atomic mass is 10.0. The number of carbonyl (C=O) groups excluding carboxylic acids is 1. The van der Waals surface area contributed by atoms with Crippen LogP contribution < -0.4 is 10.0 Å². The number of amides is 1. The Morgan fingerprint density at radius 3 is 2.57 bits per heavy atom. The van der Waals surface area contributed by atoms with Crippen molar-refractivity contribution in [2.75, 3.05) is 30.6 Å². The van der Waals surface area contributed by atoms with E-state index < -0.39 is 15.8 Å². The zero-order valence-electron chi connectivity index (χ0n) is 16.9. The molecular formula is C21H25ClFN3O3S. The second kappa shape index (κ2) is 9.32. The normalized spacial score (nSPS) is 15.7. The minimum Gasteiger partial charge on any atom is -0.350 e. The van der Waals surface area contributed by atoms with Gasteiger partial charge in [-0.2, -0.15) is 0 Å². The Hall–Kier alpha value is -2.16. The number of likely N-dealkylation sites (tertiary alicyclic amines) is 1. The molecule has 0 radical (unpaired) electrons. The van der Waals surface area contributed by atoms with E-state index >= 15 is 0 Å². The van der Waals surface area contributed by atoms with E-state index in [-0.39, 0.29) is 18.5 Å². The van der Waals surface area contributed by atoms with Crippen LogP contribution in [-0.2, 0) is 10.0 Å². The van der Waals surface area contributed by atoms with Crippen LogP contribution >= 0.6 is 11.6 Å². The Morgan fingerprint density at radius 1 is 1.23 bits per heavy atom. The summed E-state index contributed by atoms with van der Waals surface area (Å²) in [6.07, 6.45) is 3.07.